The monoisotopic (exact) mass is 368 g/mol. The zero-order valence-electron chi connectivity index (χ0n) is 16.9. The molecule has 0 aliphatic rings. The highest BCUT2D eigenvalue weighted by atomic mass is 16.2. The van der Waals surface area contributed by atoms with Gasteiger partial charge in [-0.25, -0.2) is 0 Å². The molecule has 0 aliphatic carbocycles. The quantitative estimate of drug-likeness (QED) is 0.696. The van der Waals surface area contributed by atoms with Crippen LogP contribution in [0, 0.1) is 5.92 Å². The average molecular weight is 369 g/mol. The van der Waals surface area contributed by atoms with Crippen LogP contribution < -0.4 is 10.6 Å². The van der Waals surface area contributed by atoms with E-state index in [0.29, 0.717) is 5.92 Å². The summed E-state index contributed by atoms with van der Waals surface area (Å²) in [5.41, 5.74) is 0.972. The fourth-order valence-electron chi connectivity index (χ4n) is 3.25. The molecule has 2 atom stereocenters. The fourth-order valence-corrected chi connectivity index (χ4v) is 3.25. The Morgan fingerprint density at radius 2 is 1.59 bits per heavy atom. The summed E-state index contributed by atoms with van der Waals surface area (Å²) in [4.78, 5) is 24.7. The third-order valence-electron chi connectivity index (χ3n) is 4.81. The van der Waals surface area contributed by atoms with Crippen molar-refractivity contribution in [3.8, 4) is 0 Å². The number of carbonyl (C=O) groups is 2. The molecule has 2 amide bonds. The largest absolute Gasteiger partial charge is 0.352 e. The number of rotatable bonds is 9. The van der Waals surface area contributed by atoms with E-state index in [-0.39, 0.29) is 24.3 Å². The van der Waals surface area contributed by atoms with Gasteiger partial charge in [0.25, 0.3) is 0 Å². The van der Waals surface area contributed by atoms with Crippen molar-refractivity contribution in [2.75, 3.05) is 0 Å². The van der Waals surface area contributed by atoms with Crippen molar-refractivity contribution < 1.29 is 9.59 Å². The Bertz CT molecular complexity index is 765. The van der Waals surface area contributed by atoms with Gasteiger partial charge in [0, 0.05) is 6.04 Å². The van der Waals surface area contributed by atoms with Gasteiger partial charge < -0.3 is 10.6 Å². The average Bonchev–Trinajstić information content (AvgIpc) is 2.61. The summed E-state index contributed by atoms with van der Waals surface area (Å²) in [6.45, 7) is 8.16. The maximum absolute atomic E-state index is 12.4. The predicted octanol–water partition coefficient (Wildman–Crippen LogP) is 4.22. The van der Waals surface area contributed by atoms with E-state index in [1.807, 2.05) is 49.4 Å². The Morgan fingerprint density at radius 3 is 2.33 bits per heavy atom. The number of benzene rings is 2. The second-order valence-electron chi connectivity index (χ2n) is 7.84. The number of hydrogen-bond acceptors (Lipinski definition) is 2. The van der Waals surface area contributed by atoms with Gasteiger partial charge in [-0.3, -0.25) is 9.59 Å². The molecule has 0 radical (unpaired) electrons. The minimum absolute atomic E-state index is 0.119. The summed E-state index contributed by atoms with van der Waals surface area (Å²) in [5.74, 6) is 0.417. The van der Waals surface area contributed by atoms with E-state index < -0.39 is 6.04 Å². The fraction of sp³-hybridized carbons (Fsp3) is 0.478. The van der Waals surface area contributed by atoms with Gasteiger partial charge in [-0.2, -0.15) is 0 Å². The first kappa shape index (κ1) is 20.9. The van der Waals surface area contributed by atoms with Crippen LogP contribution in [0.5, 0.6) is 0 Å². The summed E-state index contributed by atoms with van der Waals surface area (Å²) in [6.07, 6.45) is 3.49. The van der Waals surface area contributed by atoms with Gasteiger partial charge in [0.05, 0.1) is 6.42 Å². The Labute approximate surface area is 162 Å². The van der Waals surface area contributed by atoms with Crippen LogP contribution in [-0.4, -0.2) is 23.9 Å². The summed E-state index contributed by atoms with van der Waals surface area (Å²) >= 11 is 0. The Kier molecular flexibility index (Phi) is 7.83. The first-order chi connectivity index (χ1) is 12.9. The van der Waals surface area contributed by atoms with Gasteiger partial charge in [-0.1, -0.05) is 69.2 Å². The van der Waals surface area contributed by atoms with E-state index in [4.69, 9.17) is 0 Å². The topological polar surface area (TPSA) is 58.2 Å². The number of nitrogens with one attached hydrogen (secondary N) is 2. The molecule has 0 bridgehead atoms. The zero-order chi connectivity index (χ0) is 19.8. The highest BCUT2D eigenvalue weighted by Crippen LogP contribution is 2.18. The molecule has 0 saturated heterocycles. The maximum atomic E-state index is 12.4. The van der Waals surface area contributed by atoms with Gasteiger partial charge >= 0.3 is 0 Å². The number of carbonyl (C=O) groups excluding carboxylic acids is 2. The van der Waals surface area contributed by atoms with Crippen LogP contribution in [0.4, 0.5) is 0 Å². The van der Waals surface area contributed by atoms with Crippen molar-refractivity contribution in [1.82, 2.24) is 10.6 Å². The molecule has 0 aromatic heterocycles. The second kappa shape index (κ2) is 10.1. The highest BCUT2D eigenvalue weighted by molar-refractivity contribution is 5.92. The summed E-state index contributed by atoms with van der Waals surface area (Å²) < 4.78 is 0. The highest BCUT2D eigenvalue weighted by Gasteiger charge is 2.18. The van der Waals surface area contributed by atoms with Crippen molar-refractivity contribution in [1.29, 1.82) is 0 Å². The Morgan fingerprint density at radius 1 is 0.889 bits per heavy atom. The molecule has 0 heterocycles. The maximum Gasteiger partial charge on any atom is 0.242 e. The number of amides is 2. The van der Waals surface area contributed by atoms with Gasteiger partial charge in [0.15, 0.2) is 0 Å². The van der Waals surface area contributed by atoms with Gasteiger partial charge in [-0.05, 0) is 42.5 Å². The minimum atomic E-state index is -0.542. The zero-order valence-corrected chi connectivity index (χ0v) is 16.9. The number of hydrogen-bond donors (Lipinski definition) is 2. The normalized spacial score (nSPS) is 13.4. The molecule has 0 fully saturated rings. The lowest BCUT2D eigenvalue weighted by Gasteiger charge is -2.19. The molecule has 2 rings (SSSR count). The van der Waals surface area contributed by atoms with E-state index in [2.05, 4.69) is 24.5 Å². The third kappa shape index (κ3) is 6.70. The van der Waals surface area contributed by atoms with Crippen LogP contribution in [-0.2, 0) is 16.0 Å². The summed E-state index contributed by atoms with van der Waals surface area (Å²) in [7, 11) is 0. The van der Waals surface area contributed by atoms with E-state index in [1.54, 1.807) is 6.92 Å². The van der Waals surface area contributed by atoms with Gasteiger partial charge in [0.1, 0.15) is 6.04 Å². The molecule has 0 spiro atoms. The summed E-state index contributed by atoms with van der Waals surface area (Å²) in [5, 5.41) is 8.01. The molecular formula is C23H32N2O2. The van der Waals surface area contributed by atoms with Crippen molar-refractivity contribution in [2.45, 2.75) is 65.5 Å². The van der Waals surface area contributed by atoms with Crippen molar-refractivity contribution >= 4 is 22.6 Å². The standard InChI is InChI=1S/C23H32N2O2/c1-16(2)9-7-10-17(3)24-23(27)18(4)25-22(26)15-20-13-8-12-19-11-5-6-14-21(19)20/h5-6,8,11-14,16-18H,7,9-10,15H2,1-4H3,(H,24,27)(H,25,26)/t17-,18-/m0/s1. The van der Waals surface area contributed by atoms with Gasteiger partial charge in [-0.15, -0.1) is 0 Å². The molecular weight excluding hydrogens is 336 g/mol. The molecule has 2 N–H and O–H groups in total. The van der Waals surface area contributed by atoms with Crippen LogP contribution in [0.1, 0.15) is 52.5 Å². The van der Waals surface area contributed by atoms with E-state index in [0.717, 1.165) is 35.6 Å². The first-order valence-electron chi connectivity index (χ1n) is 9.93. The van der Waals surface area contributed by atoms with Crippen LogP contribution in [0.3, 0.4) is 0 Å². The lowest BCUT2D eigenvalue weighted by molar-refractivity contribution is -0.128. The molecule has 0 aliphatic heterocycles. The molecule has 146 valence electrons. The SMILES string of the molecule is CC(C)CCC[C@H](C)NC(=O)[C@H](C)NC(=O)Cc1cccc2ccccc12. The molecule has 2 aromatic carbocycles. The van der Waals surface area contributed by atoms with Crippen molar-refractivity contribution in [3.63, 3.8) is 0 Å². The van der Waals surface area contributed by atoms with E-state index >= 15 is 0 Å². The lowest BCUT2D eigenvalue weighted by Crippen LogP contribution is -2.47. The Balaban J connectivity index is 1.84. The molecule has 2 aromatic rings. The van der Waals surface area contributed by atoms with Crippen LogP contribution in [0.25, 0.3) is 10.8 Å². The molecule has 4 heteroatoms. The number of fused-ring (bicyclic) bond motifs is 1. The minimum Gasteiger partial charge on any atom is -0.352 e. The van der Waals surface area contributed by atoms with E-state index in [1.165, 1.54) is 0 Å². The van der Waals surface area contributed by atoms with Crippen LogP contribution in [0.15, 0.2) is 42.5 Å². The molecule has 27 heavy (non-hydrogen) atoms. The smallest absolute Gasteiger partial charge is 0.242 e. The lowest BCUT2D eigenvalue weighted by atomic mass is 10.0. The molecule has 0 unspecified atom stereocenters. The van der Waals surface area contributed by atoms with Crippen molar-refractivity contribution in [3.05, 3.63) is 48.0 Å². The molecule has 4 nitrogen and oxygen atoms in total. The summed E-state index contributed by atoms with van der Waals surface area (Å²) in [6, 6.07) is 13.5. The van der Waals surface area contributed by atoms with Crippen molar-refractivity contribution in [2.24, 2.45) is 5.92 Å². The third-order valence-corrected chi connectivity index (χ3v) is 4.81. The van der Waals surface area contributed by atoms with Crippen LogP contribution >= 0.6 is 0 Å². The predicted molar refractivity (Wildman–Crippen MR) is 112 cm³/mol. The van der Waals surface area contributed by atoms with Crippen LogP contribution in [0.2, 0.25) is 0 Å². The first-order valence-corrected chi connectivity index (χ1v) is 9.93. The second-order valence-corrected chi connectivity index (χ2v) is 7.84. The molecule has 0 saturated carbocycles. The van der Waals surface area contributed by atoms with E-state index in [9.17, 15) is 9.59 Å². The Hall–Kier alpha value is -2.36. The van der Waals surface area contributed by atoms with Gasteiger partial charge in [0.2, 0.25) is 11.8 Å².